The average Bonchev–Trinajstić information content (AvgIpc) is 2.39. The molecule has 4 heteroatoms. The van der Waals surface area contributed by atoms with Crippen LogP contribution < -0.4 is 5.43 Å². The van der Waals surface area contributed by atoms with Gasteiger partial charge in [0.15, 0.2) is 0 Å². The van der Waals surface area contributed by atoms with Gasteiger partial charge in [0, 0.05) is 5.56 Å². The molecule has 0 amide bonds. The van der Waals surface area contributed by atoms with Gasteiger partial charge in [0.25, 0.3) is 0 Å². The number of carbonyl (C=O) groups excluding carboxylic acids is 1. The highest BCUT2D eigenvalue weighted by Gasteiger charge is 2.07. The van der Waals surface area contributed by atoms with Crippen molar-refractivity contribution in [3.05, 3.63) is 65.5 Å². The Hall–Kier alpha value is -2.49. The van der Waals surface area contributed by atoms with Gasteiger partial charge in [-0.1, -0.05) is 18.2 Å². The number of anilines is 1. The van der Waals surface area contributed by atoms with Crippen molar-refractivity contribution >= 4 is 17.7 Å². The number of hydrazone groups is 1. The van der Waals surface area contributed by atoms with E-state index in [4.69, 9.17) is 0 Å². The molecule has 0 unspecified atom stereocenters. The molecule has 2 aromatic rings. The van der Waals surface area contributed by atoms with Gasteiger partial charge in [0.05, 0.1) is 11.9 Å². The van der Waals surface area contributed by atoms with Crippen LogP contribution in [0.3, 0.4) is 0 Å². The summed E-state index contributed by atoms with van der Waals surface area (Å²) in [7, 11) is 0. The maximum atomic E-state index is 12.9. The zero-order valence-electron chi connectivity index (χ0n) is 10.4. The fraction of sp³-hybridized carbons (Fsp3) is 0.0667. The minimum Gasteiger partial charge on any atom is -0.287 e. The summed E-state index contributed by atoms with van der Waals surface area (Å²) in [6.07, 6.45) is 1.19. The van der Waals surface area contributed by atoms with Crippen molar-refractivity contribution in [3.63, 3.8) is 0 Å². The van der Waals surface area contributed by atoms with Crippen LogP contribution in [0.5, 0.6) is 0 Å². The topological polar surface area (TPSA) is 41.5 Å². The number of benzene rings is 2. The van der Waals surface area contributed by atoms with E-state index in [2.05, 4.69) is 10.5 Å². The van der Waals surface area contributed by atoms with Crippen LogP contribution in [-0.2, 0) is 0 Å². The Morgan fingerprint density at radius 2 is 1.95 bits per heavy atom. The summed E-state index contributed by atoms with van der Waals surface area (Å²) in [4.78, 5) is 11.9. The Kier molecular flexibility index (Phi) is 4.03. The molecule has 2 rings (SSSR count). The summed E-state index contributed by atoms with van der Waals surface area (Å²) < 4.78 is 12.9. The molecule has 0 bridgehead atoms. The van der Waals surface area contributed by atoms with Crippen LogP contribution in [0.25, 0.3) is 0 Å². The van der Waals surface area contributed by atoms with E-state index < -0.39 is 0 Å². The lowest BCUT2D eigenvalue weighted by atomic mass is 10.1. The Labute approximate surface area is 110 Å². The van der Waals surface area contributed by atoms with Gasteiger partial charge in [-0.2, -0.15) is 5.10 Å². The van der Waals surface area contributed by atoms with Gasteiger partial charge in [0.1, 0.15) is 5.82 Å². The van der Waals surface area contributed by atoms with Gasteiger partial charge in [-0.05, 0) is 42.8 Å². The van der Waals surface area contributed by atoms with Crippen molar-refractivity contribution in [2.45, 2.75) is 6.92 Å². The molecule has 2 aromatic carbocycles. The molecule has 0 spiro atoms. The highest BCUT2D eigenvalue weighted by atomic mass is 19.1. The molecule has 0 aliphatic heterocycles. The number of rotatable bonds is 4. The summed E-state index contributed by atoms with van der Waals surface area (Å²) in [5, 5.41) is 3.86. The number of carbonyl (C=O) groups is 1. The van der Waals surface area contributed by atoms with Crippen LogP contribution in [0.4, 0.5) is 10.1 Å². The van der Waals surface area contributed by atoms with E-state index in [9.17, 15) is 9.18 Å². The van der Waals surface area contributed by atoms with E-state index >= 15 is 0 Å². The molecule has 1 N–H and O–H groups in total. The molecule has 19 heavy (non-hydrogen) atoms. The molecule has 0 aliphatic carbocycles. The molecule has 3 nitrogen and oxygen atoms in total. The highest BCUT2D eigenvalue weighted by Crippen LogP contribution is 2.10. The maximum absolute atomic E-state index is 12.9. The standard InChI is InChI=1S/C15H13FN2O/c1-11-9-12(16)7-8-14(11)15(19)10-17-18-13-5-3-2-4-6-13/h2-10,18H,1H3/b17-10-. The predicted molar refractivity (Wildman–Crippen MR) is 74.0 cm³/mol. The molecule has 0 heterocycles. The fourth-order valence-electron chi connectivity index (χ4n) is 1.65. The molecule has 0 saturated carbocycles. The van der Waals surface area contributed by atoms with Crippen molar-refractivity contribution in [1.29, 1.82) is 0 Å². The van der Waals surface area contributed by atoms with Crippen LogP contribution in [0, 0.1) is 12.7 Å². The number of nitrogens with zero attached hydrogens (tertiary/aromatic N) is 1. The molecule has 0 radical (unpaired) electrons. The number of halogens is 1. The lowest BCUT2D eigenvalue weighted by molar-refractivity contribution is 0.107. The number of hydrogen-bond acceptors (Lipinski definition) is 3. The van der Waals surface area contributed by atoms with Crippen LogP contribution in [-0.4, -0.2) is 12.0 Å². The summed E-state index contributed by atoms with van der Waals surface area (Å²) in [5.74, 6) is -0.616. The number of nitrogens with one attached hydrogen (secondary N) is 1. The molecule has 0 atom stereocenters. The van der Waals surface area contributed by atoms with Crippen LogP contribution in [0.2, 0.25) is 0 Å². The highest BCUT2D eigenvalue weighted by molar-refractivity contribution is 6.35. The number of hydrogen-bond donors (Lipinski definition) is 1. The minimum atomic E-state index is -0.353. The Morgan fingerprint density at radius 1 is 1.21 bits per heavy atom. The van der Waals surface area contributed by atoms with Gasteiger partial charge in [-0.25, -0.2) is 4.39 Å². The molecule has 0 saturated heterocycles. The third kappa shape index (κ3) is 3.48. The summed E-state index contributed by atoms with van der Waals surface area (Å²) >= 11 is 0. The fourth-order valence-corrected chi connectivity index (χ4v) is 1.65. The quantitative estimate of drug-likeness (QED) is 0.517. The van der Waals surface area contributed by atoms with E-state index in [0.29, 0.717) is 11.1 Å². The zero-order valence-corrected chi connectivity index (χ0v) is 10.4. The lowest BCUT2D eigenvalue weighted by Crippen LogP contribution is -2.05. The molecular weight excluding hydrogens is 243 g/mol. The number of aryl methyl sites for hydroxylation is 1. The molecular formula is C15H13FN2O. The summed E-state index contributed by atoms with van der Waals surface area (Å²) in [6.45, 7) is 1.69. The zero-order chi connectivity index (χ0) is 13.7. The molecule has 0 aromatic heterocycles. The van der Waals surface area contributed by atoms with Crippen LogP contribution in [0.1, 0.15) is 15.9 Å². The number of ketones is 1. The predicted octanol–water partition coefficient (Wildman–Crippen LogP) is 3.41. The second-order valence-corrected chi connectivity index (χ2v) is 4.06. The first-order valence-corrected chi connectivity index (χ1v) is 5.81. The minimum absolute atomic E-state index is 0.263. The molecule has 96 valence electrons. The lowest BCUT2D eigenvalue weighted by Gasteiger charge is -2.01. The SMILES string of the molecule is Cc1cc(F)ccc1C(=O)/C=N\Nc1ccccc1. The van der Waals surface area contributed by atoms with E-state index in [-0.39, 0.29) is 11.6 Å². The Morgan fingerprint density at radius 3 is 2.63 bits per heavy atom. The molecule has 0 aliphatic rings. The van der Waals surface area contributed by atoms with Crippen molar-refractivity contribution in [3.8, 4) is 0 Å². The van der Waals surface area contributed by atoms with Crippen LogP contribution >= 0.6 is 0 Å². The second-order valence-electron chi connectivity index (χ2n) is 4.06. The number of Topliss-reactive ketones (excluding diaryl/α,β-unsaturated/α-hetero) is 1. The van der Waals surface area contributed by atoms with Crippen molar-refractivity contribution in [1.82, 2.24) is 0 Å². The van der Waals surface area contributed by atoms with Gasteiger partial charge in [-0.15, -0.1) is 0 Å². The smallest absolute Gasteiger partial charge is 0.206 e. The summed E-state index contributed by atoms with van der Waals surface area (Å²) in [6, 6.07) is 13.3. The maximum Gasteiger partial charge on any atom is 0.206 e. The van der Waals surface area contributed by atoms with Gasteiger partial charge >= 0.3 is 0 Å². The van der Waals surface area contributed by atoms with Crippen molar-refractivity contribution in [2.24, 2.45) is 5.10 Å². The average molecular weight is 256 g/mol. The monoisotopic (exact) mass is 256 g/mol. The normalized spacial score (nSPS) is 10.6. The first-order valence-electron chi connectivity index (χ1n) is 5.81. The third-order valence-electron chi connectivity index (χ3n) is 2.60. The third-order valence-corrected chi connectivity index (χ3v) is 2.60. The van der Waals surface area contributed by atoms with E-state index in [1.165, 1.54) is 24.4 Å². The van der Waals surface area contributed by atoms with Crippen molar-refractivity contribution in [2.75, 3.05) is 5.43 Å². The van der Waals surface area contributed by atoms with Crippen LogP contribution in [0.15, 0.2) is 53.6 Å². The summed E-state index contributed by atoms with van der Waals surface area (Å²) in [5.41, 5.74) is 4.58. The van der Waals surface area contributed by atoms with Crippen molar-refractivity contribution < 1.29 is 9.18 Å². The molecule has 0 fully saturated rings. The van der Waals surface area contributed by atoms with Gasteiger partial charge < -0.3 is 0 Å². The van der Waals surface area contributed by atoms with E-state index in [0.717, 1.165) is 5.69 Å². The van der Waals surface area contributed by atoms with E-state index in [1.807, 2.05) is 30.3 Å². The second kappa shape index (κ2) is 5.91. The largest absolute Gasteiger partial charge is 0.287 e. The number of para-hydroxylation sites is 1. The van der Waals surface area contributed by atoms with Gasteiger partial charge in [0.2, 0.25) is 5.78 Å². The van der Waals surface area contributed by atoms with E-state index in [1.54, 1.807) is 6.92 Å². The van der Waals surface area contributed by atoms with Gasteiger partial charge in [-0.3, -0.25) is 10.2 Å². The Balaban J connectivity index is 2.05. The Bertz CT molecular complexity index is 609. The first-order chi connectivity index (χ1) is 9.16. The first kappa shape index (κ1) is 13.0.